The first kappa shape index (κ1) is 17.1. The minimum Gasteiger partial charge on any atom is -0.456 e. The molecule has 4 aromatic rings. The van der Waals surface area contributed by atoms with Crippen LogP contribution in [0.25, 0.3) is 32.7 Å². The molecule has 1 aromatic heterocycles. The zero-order chi connectivity index (χ0) is 19.0. The van der Waals surface area contributed by atoms with Crippen LogP contribution in [0.5, 0.6) is 0 Å². The maximum Gasteiger partial charge on any atom is 0.495 e. The summed E-state index contributed by atoms with van der Waals surface area (Å²) >= 11 is 6.42. The Bertz CT molecular complexity index is 1190. The molecule has 0 spiro atoms. The number of hydrogen-bond acceptors (Lipinski definition) is 3. The molecule has 3 nitrogen and oxygen atoms in total. The predicted molar refractivity (Wildman–Crippen MR) is 112 cm³/mol. The molecular formula is C22H20BClO3. The van der Waals surface area contributed by atoms with Gasteiger partial charge >= 0.3 is 7.12 Å². The summed E-state index contributed by atoms with van der Waals surface area (Å²) < 4.78 is 18.8. The van der Waals surface area contributed by atoms with Crippen molar-refractivity contribution in [1.82, 2.24) is 0 Å². The van der Waals surface area contributed by atoms with Crippen LogP contribution < -0.4 is 5.46 Å². The van der Waals surface area contributed by atoms with E-state index in [4.69, 9.17) is 25.3 Å². The van der Waals surface area contributed by atoms with Crippen molar-refractivity contribution < 1.29 is 13.7 Å². The van der Waals surface area contributed by atoms with Crippen LogP contribution in [0, 0.1) is 0 Å². The van der Waals surface area contributed by atoms with Gasteiger partial charge in [0, 0.05) is 21.9 Å². The van der Waals surface area contributed by atoms with E-state index in [0.717, 1.165) is 32.8 Å². The summed E-state index contributed by atoms with van der Waals surface area (Å²) in [6, 6.07) is 16.2. The lowest BCUT2D eigenvalue weighted by Gasteiger charge is -2.32. The molecule has 0 atom stereocenters. The molecule has 0 radical (unpaired) electrons. The second-order valence-electron chi connectivity index (χ2n) is 8.22. The van der Waals surface area contributed by atoms with Crippen molar-refractivity contribution in [2.45, 2.75) is 38.9 Å². The monoisotopic (exact) mass is 378 g/mol. The van der Waals surface area contributed by atoms with Crippen molar-refractivity contribution in [1.29, 1.82) is 0 Å². The van der Waals surface area contributed by atoms with Gasteiger partial charge < -0.3 is 13.7 Å². The fraction of sp³-hybridized carbons (Fsp3) is 0.273. The average Bonchev–Trinajstić information content (AvgIpc) is 3.08. The molecule has 1 saturated heterocycles. The first-order valence-corrected chi connectivity index (χ1v) is 9.54. The molecule has 0 amide bonds. The van der Waals surface area contributed by atoms with Crippen LogP contribution in [-0.2, 0) is 9.31 Å². The Balaban J connectivity index is 1.86. The van der Waals surface area contributed by atoms with Gasteiger partial charge in [0.25, 0.3) is 0 Å². The van der Waals surface area contributed by atoms with Gasteiger partial charge in [-0.1, -0.05) is 41.9 Å². The predicted octanol–water partition coefficient (Wildman–Crippen LogP) is 5.69. The molecule has 2 heterocycles. The van der Waals surface area contributed by atoms with Gasteiger partial charge in [0.05, 0.1) is 11.2 Å². The number of furan rings is 1. The smallest absolute Gasteiger partial charge is 0.456 e. The average molecular weight is 379 g/mol. The number of rotatable bonds is 1. The second kappa shape index (κ2) is 5.51. The molecule has 0 unspecified atom stereocenters. The standard InChI is InChI=1S/C22H20BClO3/c1-21(2)22(3,4)27-23(26-21)16-11-14(24)12-18-20(16)19-15-8-6-5-7-13(15)9-10-17(19)25-18/h5-12H,1-4H3. The van der Waals surface area contributed by atoms with Crippen molar-refractivity contribution in [3.05, 3.63) is 53.6 Å². The Hall–Kier alpha value is -2.01. The van der Waals surface area contributed by atoms with Crippen LogP contribution in [-0.4, -0.2) is 18.3 Å². The molecule has 136 valence electrons. The van der Waals surface area contributed by atoms with Gasteiger partial charge in [-0.05, 0) is 56.1 Å². The summed E-state index contributed by atoms with van der Waals surface area (Å²) in [6.07, 6.45) is 0. The van der Waals surface area contributed by atoms with Gasteiger partial charge in [0.15, 0.2) is 0 Å². The zero-order valence-electron chi connectivity index (χ0n) is 15.8. The van der Waals surface area contributed by atoms with E-state index in [2.05, 4.69) is 45.9 Å². The first-order valence-electron chi connectivity index (χ1n) is 9.16. The summed E-state index contributed by atoms with van der Waals surface area (Å²) in [5.74, 6) is 0. The Morgan fingerprint density at radius 1 is 0.815 bits per heavy atom. The normalized spacial score (nSPS) is 18.8. The minimum atomic E-state index is -0.504. The van der Waals surface area contributed by atoms with Crippen LogP contribution >= 0.6 is 11.6 Å². The molecule has 0 bridgehead atoms. The lowest BCUT2D eigenvalue weighted by atomic mass is 9.76. The van der Waals surface area contributed by atoms with Crippen LogP contribution in [0.15, 0.2) is 52.9 Å². The van der Waals surface area contributed by atoms with E-state index < -0.39 is 18.3 Å². The minimum absolute atomic E-state index is 0.423. The van der Waals surface area contributed by atoms with Crippen molar-refractivity contribution in [2.75, 3.05) is 0 Å². The van der Waals surface area contributed by atoms with E-state index in [1.807, 2.05) is 30.3 Å². The van der Waals surface area contributed by atoms with E-state index in [1.165, 1.54) is 5.39 Å². The quantitative estimate of drug-likeness (QED) is 0.399. The highest BCUT2D eigenvalue weighted by molar-refractivity contribution is 6.66. The third-order valence-corrected chi connectivity index (χ3v) is 6.18. The van der Waals surface area contributed by atoms with Crippen LogP contribution in [0.3, 0.4) is 0 Å². The Kier molecular flexibility index (Phi) is 3.49. The van der Waals surface area contributed by atoms with Gasteiger partial charge in [0.2, 0.25) is 0 Å². The van der Waals surface area contributed by atoms with E-state index in [-0.39, 0.29) is 0 Å². The van der Waals surface area contributed by atoms with Gasteiger partial charge in [-0.2, -0.15) is 0 Å². The van der Waals surface area contributed by atoms with Gasteiger partial charge in [-0.15, -0.1) is 0 Å². The summed E-state index contributed by atoms with van der Waals surface area (Å²) in [6.45, 7) is 8.21. The Morgan fingerprint density at radius 2 is 1.52 bits per heavy atom. The number of fused-ring (bicyclic) bond motifs is 5. The Labute approximate surface area is 163 Å². The van der Waals surface area contributed by atoms with Crippen LogP contribution in [0.4, 0.5) is 0 Å². The number of halogens is 1. The number of benzene rings is 3. The number of hydrogen-bond donors (Lipinski definition) is 0. The molecule has 0 saturated carbocycles. The lowest BCUT2D eigenvalue weighted by molar-refractivity contribution is 0.00578. The van der Waals surface area contributed by atoms with E-state index in [0.29, 0.717) is 5.02 Å². The second-order valence-corrected chi connectivity index (χ2v) is 8.65. The van der Waals surface area contributed by atoms with E-state index in [1.54, 1.807) is 0 Å². The molecule has 3 aromatic carbocycles. The van der Waals surface area contributed by atoms with E-state index in [9.17, 15) is 0 Å². The van der Waals surface area contributed by atoms with Crippen LogP contribution in [0.2, 0.25) is 5.02 Å². The maximum atomic E-state index is 6.42. The zero-order valence-corrected chi connectivity index (χ0v) is 16.6. The first-order chi connectivity index (χ1) is 12.8. The van der Waals surface area contributed by atoms with Crippen molar-refractivity contribution in [2.24, 2.45) is 0 Å². The largest absolute Gasteiger partial charge is 0.495 e. The molecule has 5 heteroatoms. The molecular weight excluding hydrogens is 359 g/mol. The maximum absolute atomic E-state index is 6.42. The summed E-state index contributed by atoms with van der Waals surface area (Å²) in [5.41, 5.74) is 1.65. The van der Waals surface area contributed by atoms with Crippen molar-refractivity contribution in [3.63, 3.8) is 0 Å². The molecule has 5 rings (SSSR count). The SMILES string of the molecule is CC1(C)OB(c2cc(Cl)cc3oc4ccc5ccccc5c4c23)OC1(C)C. The van der Waals surface area contributed by atoms with E-state index >= 15 is 0 Å². The van der Waals surface area contributed by atoms with Crippen LogP contribution in [0.1, 0.15) is 27.7 Å². The topological polar surface area (TPSA) is 31.6 Å². The third-order valence-electron chi connectivity index (χ3n) is 5.97. The summed E-state index contributed by atoms with van der Waals surface area (Å²) in [4.78, 5) is 0. The van der Waals surface area contributed by atoms with Gasteiger partial charge in [-0.25, -0.2) is 0 Å². The molecule has 0 N–H and O–H groups in total. The van der Waals surface area contributed by atoms with Gasteiger partial charge in [0.1, 0.15) is 11.2 Å². The van der Waals surface area contributed by atoms with Gasteiger partial charge in [-0.3, -0.25) is 0 Å². The summed E-state index contributed by atoms with van der Waals surface area (Å²) in [5, 5.41) is 5.00. The molecule has 1 aliphatic heterocycles. The molecule has 0 aliphatic carbocycles. The lowest BCUT2D eigenvalue weighted by Crippen LogP contribution is -2.41. The van der Waals surface area contributed by atoms with Crippen molar-refractivity contribution in [3.8, 4) is 0 Å². The molecule has 27 heavy (non-hydrogen) atoms. The fourth-order valence-corrected chi connectivity index (χ4v) is 4.04. The Morgan fingerprint density at radius 3 is 2.26 bits per heavy atom. The third kappa shape index (κ3) is 2.44. The highest BCUT2D eigenvalue weighted by Gasteiger charge is 2.52. The fourth-order valence-electron chi connectivity index (χ4n) is 3.82. The molecule has 1 fully saturated rings. The highest BCUT2D eigenvalue weighted by Crippen LogP contribution is 2.39. The summed E-state index contributed by atoms with van der Waals surface area (Å²) in [7, 11) is -0.504. The highest BCUT2D eigenvalue weighted by atomic mass is 35.5. The van der Waals surface area contributed by atoms with Crippen molar-refractivity contribution >= 4 is 56.9 Å². The molecule has 1 aliphatic rings.